The first-order valence-corrected chi connectivity index (χ1v) is 8.80. The van der Waals surface area contributed by atoms with Crippen LogP contribution in [0, 0.1) is 0 Å². The smallest absolute Gasteiger partial charge is 0.213 e. The van der Waals surface area contributed by atoms with Crippen molar-refractivity contribution in [1.29, 1.82) is 0 Å². The highest BCUT2D eigenvalue weighted by atomic mass is 32.2. The van der Waals surface area contributed by atoms with Crippen LogP contribution in [0.2, 0.25) is 0 Å². The molecule has 0 aliphatic heterocycles. The normalized spacial score (nSPS) is 18.6. The fourth-order valence-electron chi connectivity index (χ4n) is 1.40. The molecule has 0 bridgehead atoms. The molecule has 1 fully saturated rings. The molecule has 1 rings (SSSR count). The predicted molar refractivity (Wildman–Crippen MR) is 70.4 cm³/mol. The molecule has 1 aliphatic carbocycles. The Hall–Kier alpha value is 0.220. The minimum Gasteiger partial charge on any atom is -0.313 e. The summed E-state index contributed by atoms with van der Waals surface area (Å²) < 4.78 is 26.0. The largest absolute Gasteiger partial charge is 0.313 e. The number of rotatable bonds is 9. The number of sulfonamides is 1. The van der Waals surface area contributed by atoms with Crippen molar-refractivity contribution in [3.05, 3.63) is 0 Å². The van der Waals surface area contributed by atoms with Gasteiger partial charge in [-0.1, -0.05) is 0 Å². The van der Waals surface area contributed by atoms with E-state index in [2.05, 4.69) is 10.0 Å². The molecule has 1 aliphatic rings. The molecule has 0 aromatic rings. The quantitative estimate of drug-likeness (QED) is 0.648. The second-order valence-corrected chi connectivity index (χ2v) is 7.21. The van der Waals surface area contributed by atoms with E-state index in [1.54, 1.807) is 11.8 Å². The van der Waals surface area contributed by atoms with Gasteiger partial charge in [0.05, 0.1) is 5.75 Å². The maximum absolute atomic E-state index is 11.6. The first kappa shape index (κ1) is 14.3. The van der Waals surface area contributed by atoms with E-state index in [-0.39, 0.29) is 11.8 Å². The highest BCUT2D eigenvalue weighted by Gasteiger charge is 2.21. The molecule has 0 heterocycles. The fraction of sp³-hybridized carbons (Fsp3) is 1.00. The maximum atomic E-state index is 11.6. The molecule has 16 heavy (non-hydrogen) atoms. The van der Waals surface area contributed by atoms with Gasteiger partial charge in [0.1, 0.15) is 0 Å². The molecule has 4 nitrogen and oxygen atoms in total. The van der Waals surface area contributed by atoms with Crippen LogP contribution in [0.3, 0.4) is 0 Å². The van der Waals surface area contributed by atoms with Gasteiger partial charge < -0.3 is 5.32 Å². The molecule has 1 unspecified atom stereocenters. The van der Waals surface area contributed by atoms with Crippen LogP contribution in [0.1, 0.15) is 26.2 Å². The molecular weight excluding hydrogens is 244 g/mol. The van der Waals surface area contributed by atoms with E-state index in [1.807, 2.05) is 13.2 Å². The van der Waals surface area contributed by atoms with Gasteiger partial charge in [-0.25, -0.2) is 13.1 Å². The Kier molecular flexibility index (Phi) is 6.10. The lowest BCUT2D eigenvalue weighted by Crippen LogP contribution is -2.37. The second-order valence-electron chi connectivity index (χ2n) is 4.35. The minimum atomic E-state index is -3.10. The van der Waals surface area contributed by atoms with Gasteiger partial charge in [-0.3, -0.25) is 0 Å². The first-order valence-electron chi connectivity index (χ1n) is 5.76. The fourth-order valence-corrected chi connectivity index (χ4v) is 3.23. The lowest BCUT2D eigenvalue weighted by molar-refractivity contribution is 0.553. The maximum Gasteiger partial charge on any atom is 0.213 e. The molecule has 6 heteroatoms. The molecule has 0 aromatic carbocycles. The van der Waals surface area contributed by atoms with Crippen molar-refractivity contribution in [2.45, 2.75) is 38.3 Å². The third-order valence-corrected chi connectivity index (χ3v) is 4.66. The SMILES string of the molecule is CSCCC(C)NS(=O)(=O)CCNC1CC1. The Bertz CT molecular complexity index is 289. The molecule has 96 valence electrons. The molecule has 2 N–H and O–H groups in total. The third-order valence-electron chi connectivity index (χ3n) is 2.52. The summed E-state index contributed by atoms with van der Waals surface area (Å²) in [5.74, 6) is 1.18. The van der Waals surface area contributed by atoms with E-state index in [0.717, 1.165) is 12.2 Å². The zero-order valence-electron chi connectivity index (χ0n) is 10.0. The van der Waals surface area contributed by atoms with Crippen molar-refractivity contribution in [1.82, 2.24) is 10.0 Å². The molecule has 1 saturated carbocycles. The summed E-state index contributed by atoms with van der Waals surface area (Å²) in [5, 5.41) is 3.21. The Labute approximate surface area is 103 Å². The summed E-state index contributed by atoms with van der Waals surface area (Å²) in [5.41, 5.74) is 0. The zero-order valence-corrected chi connectivity index (χ0v) is 11.7. The molecule has 0 saturated heterocycles. The van der Waals surface area contributed by atoms with Crippen molar-refractivity contribution in [3.8, 4) is 0 Å². The van der Waals surface area contributed by atoms with Crippen LogP contribution < -0.4 is 10.0 Å². The van der Waals surface area contributed by atoms with Crippen LogP contribution in [-0.4, -0.2) is 44.8 Å². The Balaban J connectivity index is 2.15. The molecule has 0 amide bonds. The van der Waals surface area contributed by atoms with Crippen molar-refractivity contribution in [3.63, 3.8) is 0 Å². The lowest BCUT2D eigenvalue weighted by Gasteiger charge is -2.13. The van der Waals surface area contributed by atoms with E-state index in [1.165, 1.54) is 12.8 Å². The topological polar surface area (TPSA) is 58.2 Å². The summed E-state index contributed by atoms with van der Waals surface area (Å²) >= 11 is 1.74. The predicted octanol–water partition coefficient (Wildman–Crippen LogP) is 0.799. The van der Waals surface area contributed by atoms with Gasteiger partial charge >= 0.3 is 0 Å². The van der Waals surface area contributed by atoms with E-state index in [9.17, 15) is 8.42 Å². The molecule has 0 aromatic heterocycles. The van der Waals surface area contributed by atoms with E-state index in [4.69, 9.17) is 0 Å². The monoisotopic (exact) mass is 266 g/mol. The molecule has 1 atom stereocenters. The van der Waals surface area contributed by atoms with Gasteiger partial charge in [-0.2, -0.15) is 11.8 Å². The van der Waals surface area contributed by atoms with Crippen LogP contribution in [0.25, 0.3) is 0 Å². The van der Waals surface area contributed by atoms with Crippen LogP contribution in [-0.2, 0) is 10.0 Å². The zero-order chi connectivity index (χ0) is 12.0. The van der Waals surface area contributed by atoms with E-state index < -0.39 is 10.0 Å². The van der Waals surface area contributed by atoms with Crippen molar-refractivity contribution < 1.29 is 8.42 Å². The van der Waals surface area contributed by atoms with Crippen LogP contribution in [0.4, 0.5) is 0 Å². The Morgan fingerprint density at radius 2 is 2.12 bits per heavy atom. The van der Waals surface area contributed by atoms with Gasteiger partial charge in [0, 0.05) is 18.6 Å². The standard InChI is InChI=1S/C10H22N2O2S2/c1-9(5-7-15-2)12-16(13,14)8-6-11-10-3-4-10/h9-12H,3-8H2,1-2H3. The third kappa shape index (κ3) is 6.73. The lowest BCUT2D eigenvalue weighted by atomic mass is 10.3. The average molecular weight is 266 g/mol. The number of hydrogen-bond donors (Lipinski definition) is 2. The van der Waals surface area contributed by atoms with Crippen LogP contribution in [0.5, 0.6) is 0 Å². The van der Waals surface area contributed by atoms with Crippen molar-refractivity contribution in [2.75, 3.05) is 24.3 Å². The van der Waals surface area contributed by atoms with E-state index >= 15 is 0 Å². The van der Waals surface area contributed by atoms with Crippen LogP contribution in [0.15, 0.2) is 0 Å². The second kappa shape index (κ2) is 6.83. The van der Waals surface area contributed by atoms with Crippen LogP contribution >= 0.6 is 11.8 Å². The summed E-state index contributed by atoms with van der Waals surface area (Å²) in [6.45, 7) is 2.48. The highest BCUT2D eigenvalue weighted by Crippen LogP contribution is 2.18. The highest BCUT2D eigenvalue weighted by molar-refractivity contribution is 7.98. The Morgan fingerprint density at radius 1 is 1.44 bits per heavy atom. The van der Waals surface area contributed by atoms with Gasteiger partial charge in [-0.15, -0.1) is 0 Å². The van der Waals surface area contributed by atoms with E-state index in [0.29, 0.717) is 12.6 Å². The van der Waals surface area contributed by atoms with Crippen molar-refractivity contribution >= 4 is 21.8 Å². The van der Waals surface area contributed by atoms with Gasteiger partial charge in [0.25, 0.3) is 0 Å². The van der Waals surface area contributed by atoms with Gasteiger partial charge in [-0.05, 0) is 38.2 Å². The Morgan fingerprint density at radius 3 is 2.69 bits per heavy atom. The van der Waals surface area contributed by atoms with Crippen molar-refractivity contribution in [2.24, 2.45) is 0 Å². The van der Waals surface area contributed by atoms with Gasteiger partial charge in [0.2, 0.25) is 10.0 Å². The summed E-state index contributed by atoms with van der Waals surface area (Å²) in [4.78, 5) is 0. The molecule has 0 radical (unpaired) electrons. The summed E-state index contributed by atoms with van der Waals surface area (Å²) in [7, 11) is -3.10. The number of hydrogen-bond acceptors (Lipinski definition) is 4. The summed E-state index contributed by atoms with van der Waals surface area (Å²) in [6.07, 6.45) is 5.30. The minimum absolute atomic E-state index is 0.0402. The average Bonchev–Trinajstić information content (AvgIpc) is 2.97. The number of nitrogens with one attached hydrogen (secondary N) is 2. The summed E-state index contributed by atoms with van der Waals surface area (Å²) in [6, 6.07) is 0.613. The number of thioether (sulfide) groups is 1. The van der Waals surface area contributed by atoms with Gasteiger partial charge in [0.15, 0.2) is 0 Å². The molecule has 0 spiro atoms. The first-order chi connectivity index (χ1) is 7.53. The molecular formula is C10H22N2O2S2.